The molecule has 0 aliphatic heterocycles. The molecule has 0 amide bonds. The number of ether oxygens (including phenoxy) is 1. The SMILES string of the molecule is c1ccc2c(Oc3nnns3)cccc2c1. The van der Waals surface area contributed by atoms with Gasteiger partial charge in [-0.2, -0.15) is 0 Å². The van der Waals surface area contributed by atoms with Crippen LogP contribution < -0.4 is 4.74 Å². The van der Waals surface area contributed by atoms with Crippen LogP contribution in [0.3, 0.4) is 0 Å². The van der Waals surface area contributed by atoms with E-state index in [1.165, 1.54) is 0 Å². The van der Waals surface area contributed by atoms with Gasteiger partial charge in [-0.1, -0.05) is 46.0 Å². The zero-order valence-corrected chi connectivity index (χ0v) is 9.02. The second-order valence-corrected chi connectivity index (χ2v) is 3.90. The van der Waals surface area contributed by atoms with Crippen LogP contribution in [0.15, 0.2) is 42.5 Å². The minimum atomic E-state index is 0.455. The van der Waals surface area contributed by atoms with Crippen LogP contribution in [-0.4, -0.2) is 14.8 Å². The molecule has 0 atom stereocenters. The smallest absolute Gasteiger partial charge is 0.319 e. The first-order chi connectivity index (χ1) is 7.93. The highest BCUT2D eigenvalue weighted by atomic mass is 32.1. The Morgan fingerprint density at radius 1 is 1.00 bits per heavy atom. The van der Waals surface area contributed by atoms with E-state index >= 15 is 0 Å². The second-order valence-electron chi connectivity index (χ2n) is 3.21. The Balaban J connectivity index is 2.10. The number of hydrogen-bond donors (Lipinski definition) is 0. The summed E-state index contributed by atoms with van der Waals surface area (Å²) in [6.45, 7) is 0. The Morgan fingerprint density at radius 2 is 1.88 bits per heavy atom. The summed E-state index contributed by atoms with van der Waals surface area (Å²) in [4.78, 5) is 0. The molecule has 5 heteroatoms. The van der Waals surface area contributed by atoms with Crippen molar-refractivity contribution >= 4 is 22.3 Å². The minimum absolute atomic E-state index is 0.455. The quantitative estimate of drug-likeness (QED) is 0.678. The van der Waals surface area contributed by atoms with Crippen molar-refractivity contribution in [2.45, 2.75) is 0 Å². The van der Waals surface area contributed by atoms with E-state index in [1.54, 1.807) is 0 Å². The maximum Gasteiger partial charge on any atom is 0.319 e. The number of nitrogens with zero attached hydrogens (tertiary/aromatic N) is 3. The summed E-state index contributed by atoms with van der Waals surface area (Å²) in [5.74, 6) is 0.775. The van der Waals surface area contributed by atoms with Gasteiger partial charge in [0.2, 0.25) is 0 Å². The topological polar surface area (TPSA) is 47.9 Å². The molecular formula is C11H7N3OS. The summed E-state index contributed by atoms with van der Waals surface area (Å²) in [7, 11) is 0. The lowest BCUT2D eigenvalue weighted by Gasteiger charge is -2.04. The van der Waals surface area contributed by atoms with Crippen molar-refractivity contribution in [1.82, 2.24) is 14.8 Å². The first-order valence-electron chi connectivity index (χ1n) is 4.74. The predicted molar refractivity (Wildman–Crippen MR) is 61.7 cm³/mol. The highest BCUT2D eigenvalue weighted by Crippen LogP contribution is 2.29. The molecule has 16 heavy (non-hydrogen) atoms. The molecule has 3 rings (SSSR count). The third-order valence-electron chi connectivity index (χ3n) is 2.23. The van der Waals surface area contributed by atoms with Crippen molar-refractivity contribution < 1.29 is 4.74 Å². The van der Waals surface area contributed by atoms with Crippen molar-refractivity contribution in [1.29, 1.82) is 0 Å². The van der Waals surface area contributed by atoms with Crippen LogP contribution >= 0.6 is 11.5 Å². The van der Waals surface area contributed by atoms with E-state index in [0.29, 0.717) is 5.19 Å². The van der Waals surface area contributed by atoms with Gasteiger partial charge in [0.15, 0.2) is 0 Å². The molecular weight excluding hydrogens is 222 g/mol. The molecule has 0 saturated carbocycles. The Hall–Kier alpha value is -2.01. The van der Waals surface area contributed by atoms with Crippen LogP contribution in [0.4, 0.5) is 0 Å². The summed E-state index contributed by atoms with van der Waals surface area (Å²) in [5.41, 5.74) is 0. The van der Waals surface area contributed by atoms with Crippen LogP contribution in [0.25, 0.3) is 10.8 Å². The van der Waals surface area contributed by atoms with Crippen LogP contribution in [0.5, 0.6) is 10.9 Å². The monoisotopic (exact) mass is 229 g/mol. The predicted octanol–water partition coefficient (Wildman–Crippen LogP) is 2.88. The highest BCUT2D eigenvalue weighted by Gasteiger charge is 2.05. The minimum Gasteiger partial charge on any atom is -0.428 e. The highest BCUT2D eigenvalue weighted by molar-refractivity contribution is 7.07. The molecule has 78 valence electrons. The molecule has 0 bridgehead atoms. The van der Waals surface area contributed by atoms with E-state index in [-0.39, 0.29) is 0 Å². The summed E-state index contributed by atoms with van der Waals surface area (Å²) in [6.07, 6.45) is 0. The molecule has 0 radical (unpaired) electrons. The lowest BCUT2D eigenvalue weighted by atomic mass is 10.1. The van der Waals surface area contributed by atoms with Gasteiger partial charge in [-0.05, 0) is 16.7 Å². The average molecular weight is 229 g/mol. The molecule has 2 aromatic carbocycles. The van der Waals surface area contributed by atoms with Gasteiger partial charge in [0, 0.05) is 16.9 Å². The lowest BCUT2D eigenvalue weighted by molar-refractivity contribution is 0.478. The van der Waals surface area contributed by atoms with Crippen molar-refractivity contribution in [3.8, 4) is 10.9 Å². The Morgan fingerprint density at radius 3 is 2.75 bits per heavy atom. The first-order valence-corrected chi connectivity index (χ1v) is 5.51. The van der Waals surface area contributed by atoms with E-state index < -0.39 is 0 Å². The number of hydrogen-bond acceptors (Lipinski definition) is 5. The largest absolute Gasteiger partial charge is 0.428 e. The number of fused-ring (bicyclic) bond motifs is 1. The van der Waals surface area contributed by atoms with E-state index in [1.807, 2.05) is 42.5 Å². The van der Waals surface area contributed by atoms with E-state index in [0.717, 1.165) is 28.1 Å². The van der Waals surface area contributed by atoms with E-state index in [4.69, 9.17) is 4.74 Å². The molecule has 0 saturated heterocycles. The molecule has 0 spiro atoms. The summed E-state index contributed by atoms with van der Waals surface area (Å²) < 4.78 is 9.27. The normalized spacial score (nSPS) is 10.5. The van der Waals surface area contributed by atoms with Gasteiger partial charge in [0.1, 0.15) is 5.75 Å². The molecule has 1 aromatic heterocycles. The fourth-order valence-electron chi connectivity index (χ4n) is 1.54. The molecule has 0 aliphatic carbocycles. The first kappa shape index (κ1) is 9.23. The Labute approximate surface area is 95.7 Å². The van der Waals surface area contributed by atoms with Crippen molar-refractivity contribution in [3.05, 3.63) is 42.5 Å². The Bertz CT molecular complexity index is 604. The second kappa shape index (κ2) is 3.86. The van der Waals surface area contributed by atoms with Crippen LogP contribution in [-0.2, 0) is 0 Å². The van der Waals surface area contributed by atoms with Gasteiger partial charge in [-0.15, -0.1) is 0 Å². The van der Waals surface area contributed by atoms with Crippen molar-refractivity contribution in [2.24, 2.45) is 0 Å². The zero-order chi connectivity index (χ0) is 10.8. The van der Waals surface area contributed by atoms with Gasteiger partial charge < -0.3 is 4.74 Å². The molecule has 4 nitrogen and oxygen atoms in total. The standard InChI is InChI=1S/C11H7N3OS/c1-2-6-9-8(4-1)5-3-7-10(9)15-11-12-13-14-16-11/h1-7H. The molecule has 0 unspecified atom stereocenters. The summed E-state index contributed by atoms with van der Waals surface area (Å²) in [6, 6.07) is 13.9. The average Bonchev–Trinajstić information content (AvgIpc) is 2.82. The van der Waals surface area contributed by atoms with Gasteiger partial charge in [-0.3, -0.25) is 0 Å². The lowest BCUT2D eigenvalue weighted by Crippen LogP contribution is -1.85. The maximum absolute atomic E-state index is 5.61. The van der Waals surface area contributed by atoms with Crippen molar-refractivity contribution in [2.75, 3.05) is 0 Å². The molecule has 0 N–H and O–H groups in total. The van der Waals surface area contributed by atoms with Crippen molar-refractivity contribution in [3.63, 3.8) is 0 Å². The summed E-state index contributed by atoms with van der Waals surface area (Å²) >= 11 is 1.13. The van der Waals surface area contributed by atoms with Crippen LogP contribution in [0, 0.1) is 0 Å². The third kappa shape index (κ3) is 1.61. The molecule has 0 aliphatic rings. The molecule has 1 heterocycles. The maximum atomic E-state index is 5.61. The zero-order valence-electron chi connectivity index (χ0n) is 8.20. The number of aromatic nitrogens is 3. The Kier molecular flexibility index (Phi) is 2.23. The van der Waals surface area contributed by atoms with E-state index in [2.05, 4.69) is 14.8 Å². The fourth-order valence-corrected chi connectivity index (χ4v) is 1.89. The fraction of sp³-hybridized carbons (Fsp3) is 0. The van der Waals surface area contributed by atoms with Gasteiger partial charge in [0.25, 0.3) is 0 Å². The molecule has 3 aromatic rings. The van der Waals surface area contributed by atoms with Crippen LogP contribution in [0.1, 0.15) is 0 Å². The number of rotatable bonds is 2. The van der Waals surface area contributed by atoms with Crippen LogP contribution in [0.2, 0.25) is 0 Å². The van der Waals surface area contributed by atoms with Gasteiger partial charge in [-0.25, -0.2) is 0 Å². The van der Waals surface area contributed by atoms with Gasteiger partial charge >= 0.3 is 5.19 Å². The third-order valence-corrected chi connectivity index (χ3v) is 2.70. The summed E-state index contributed by atoms with van der Waals surface area (Å²) in [5, 5.41) is 9.89. The van der Waals surface area contributed by atoms with E-state index in [9.17, 15) is 0 Å². The number of benzene rings is 2. The van der Waals surface area contributed by atoms with Gasteiger partial charge in [0.05, 0.1) is 0 Å². The molecule has 0 fully saturated rings.